The van der Waals surface area contributed by atoms with Crippen molar-refractivity contribution in [2.45, 2.75) is 13.1 Å². The van der Waals surface area contributed by atoms with E-state index < -0.39 is 0 Å². The number of amides is 1. The number of hydrogen-bond donors (Lipinski definition) is 2. The van der Waals surface area contributed by atoms with Gasteiger partial charge in [-0.1, -0.05) is 30.3 Å². The van der Waals surface area contributed by atoms with Gasteiger partial charge in [0.25, 0.3) is 0 Å². The Morgan fingerprint density at radius 2 is 2.05 bits per heavy atom. The maximum Gasteiger partial charge on any atom is 0.246 e. The molecule has 0 saturated carbocycles. The van der Waals surface area contributed by atoms with E-state index in [0.717, 1.165) is 22.2 Å². The van der Waals surface area contributed by atoms with Crippen LogP contribution < -0.4 is 11.1 Å². The highest BCUT2D eigenvalue weighted by Gasteiger charge is 2.07. The maximum atomic E-state index is 12.1. The van der Waals surface area contributed by atoms with Crippen LogP contribution in [0.3, 0.4) is 0 Å². The van der Waals surface area contributed by atoms with Gasteiger partial charge in [0.2, 0.25) is 5.91 Å². The van der Waals surface area contributed by atoms with Gasteiger partial charge in [0.05, 0.1) is 11.7 Å². The van der Waals surface area contributed by atoms with Gasteiger partial charge in [-0.3, -0.25) is 9.48 Å². The van der Waals surface area contributed by atoms with E-state index in [9.17, 15) is 4.79 Å². The first-order valence-corrected chi connectivity index (χ1v) is 6.75. The first-order chi connectivity index (χ1) is 10.3. The van der Waals surface area contributed by atoms with Crippen LogP contribution in [0.1, 0.15) is 5.56 Å². The molecule has 5 heteroatoms. The number of nitrogens with two attached hydrogens (primary N) is 1. The monoisotopic (exact) mass is 280 g/mol. The average molecular weight is 280 g/mol. The lowest BCUT2D eigenvalue weighted by Gasteiger charge is -2.07. The number of nitrogens with one attached hydrogen (secondary N) is 1. The molecule has 2 aromatic carbocycles. The number of aromatic nitrogens is 2. The summed E-state index contributed by atoms with van der Waals surface area (Å²) in [5.41, 5.74) is 8.28. The van der Waals surface area contributed by atoms with E-state index in [1.165, 1.54) is 0 Å². The molecule has 5 nitrogen and oxygen atoms in total. The Bertz CT molecular complexity index is 779. The zero-order valence-electron chi connectivity index (χ0n) is 11.5. The first-order valence-electron chi connectivity index (χ1n) is 6.75. The van der Waals surface area contributed by atoms with Crippen LogP contribution in [0.15, 0.2) is 54.7 Å². The third-order valence-corrected chi connectivity index (χ3v) is 3.29. The second-order valence-electron chi connectivity index (χ2n) is 4.81. The lowest BCUT2D eigenvalue weighted by molar-refractivity contribution is -0.116. The predicted molar refractivity (Wildman–Crippen MR) is 82.7 cm³/mol. The number of benzene rings is 2. The molecular weight excluding hydrogens is 264 g/mol. The Morgan fingerprint density at radius 3 is 2.90 bits per heavy atom. The summed E-state index contributed by atoms with van der Waals surface area (Å²) in [6.45, 7) is 0.633. The number of hydrogen-bond acceptors (Lipinski definition) is 3. The van der Waals surface area contributed by atoms with Gasteiger partial charge in [-0.05, 0) is 23.8 Å². The molecule has 0 aliphatic heterocycles. The quantitative estimate of drug-likeness (QED) is 0.769. The number of nitrogens with zero attached hydrogens (tertiary/aromatic N) is 2. The standard InChI is InChI=1S/C16H16N4O/c17-9-12-4-3-6-14(8-12)19-16(21)11-20-15-7-2-1-5-13(15)10-18-20/h1-8,10H,9,11,17H2,(H,19,21). The van der Waals surface area contributed by atoms with E-state index >= 15 is 0 Å². The minimum Gasteiger partial charge on any atom is -0.326 e. The summed E-state index contributed by atoms with van der Waals surface area (Å²) in [6.07, 6.45) is 1.76. The minimum absolute atomic E-state index is 0.113. The van der Waals surface area contributed by atoms with Crippen molar-refractivity contribution in [1.82, 2.24) is 9.78 Å². The lowest BCUT2D eigenvalue weighted by Crippen LogP contribution is -2.19. The van der Waals surface area contributed by atoms with E-state index in [1.54, 1.807) is 10.9 Å². The molecule has 1 amide bonds. The Balaban J connectivity index is 1.74. The summed E-state index contributed by atoms with van der Waals surface area (Å²) in [4.78, 5) is 12.1. The Morgan fingerprint density at radius 1 is 1.19 bits per heavy atom. The third kappa shape index (κ3) is 2.93. The highest BCUT2D eigenvalue weighted by Crippen LogP contribution is 2.13. The van der Waals surface area contributed by atoms with Crippen LogP contribution >= 0.6 is 0 Å². The summed E-state index contributed by atoms with van der Waals surface area (Å²) in [7, 11) is 0. The second-order valence-corrected chi connectivity index (χ2v) is 4.81. The number of fused-ring (bicyclic) bond motifs is 1. The summed E-state index contributed by atoms with van der Waals surface area (Å²) >= 11 is 0. The van der Waals surface area contributed by atoms with Gasteiger partial charge < -0.3 is 11.1 Å². The van der Waals surface area contributed by atoms with E-state index in [4.69, 9.17) is 5.73 Å². The SMILES string of the molecule is NCc1cccc(NC(=O)Cn2ncc3ccccc32)c1. The van der Waals surface area contributed by atoms with Crippen LogP contribution in [-0.2, 0) is 17.9 Å². The zero-order valence-corrected chi connectivity index (χ0v) is 11.5. The van der Waals surface area contributed by atoms with Crippen LogP contribution in [0.4, 0.5) is 5.69 Å². The molecule has 1 aromatic heterocycles. The molecule has 0 aliphatic carbocycles. The lowest BCUT2D eigenvalue weighted by atomic mass is 10.2. The van der Waals surface area contributed by atoms with Crippen molar-refractivity contribution in [3.63, 3.8) is 0 Å². The van der Waals surface area contributed by atoms with Crippen LogP contribution in [-0.4, -0.2) is 15.7 Å². The van der Waals surface area contributed by atoms with Crippen molar-refractivity contribution in [2.75, 3.05) is 5.32 Å². The molecule has 106 valence electrons. The van der Waals surface area contributed by atoms with E-state index in [0.29, 0.717) is 6.54 Å². The summed E-state index contributed by atoms with van der Waals surface area (Å²) in [5, 5.41) is 8.13. The molecular formula is C16H16N4O. The zero-order chi connectivity index (χ0) is 14.7. The van der Waals surface area contributed by atoms with Gasteiger partial charge in [-0.15, -0.1) is 0 Å². The number of carbonyl (C=O) groups is 1. The third-order valence-electron chi connectivity index (χ3n) is 3.29. The largest absolute Gasteiger partial charge is 0.326 e. The molecule has 0 fully saturated rings. The van der Waals surface area contributed by atoms with E-state index in [-0.39, 0.29) is 12.5 Å². The topological polar surface area (TPSA) is 72.9 Å². The van der Waals surface area contributed by atoms with Gasteiger partial charge in [-0.2, -0.15) is 5.10 Å². The van der Waals surface area contributed by atoms with Crippen molar-refractivity contribution < 1.29 is 4.79 Å². The Labute approximate surface area is 122 Å². The maximum absolute atomic E-state index is 12.1. The molecule has 0 unspecified atom stereocenters. The molecule has 3 N–H and O–H groups in total. The van der Waals surface area contributed by atoms with E-state index in [2.05, 4.69) is 10.4 Å². The molecule has 1 heterocycles. The van der Waals surface area contributed by atoms with Gasteiger partial charge in [0.1, 0.15) is 6.54 Å². The summed E-state index contributed by atoms with van der Waals surface area (Å²) in [6, 6.07) is 15.3. The fourth-order valence-corrected chi connectivity index (χ4v) is 2.26. The first kappa shape index (κ1) is 13.3. The molecule has 0 radical (unpaired) electrons. The molecule has 0 saturated heterocycles. The number of rotatable bonds is 4. The average Bonchev–Trinajstić information content (AvgIpc) is 2.91. The fraction of sp³-hybridized carbons (Fsp3) is 0.125. The highest BCUT2D eigenvalue weighted by molar-refractivity contribution is 5.91. The molecule has 0 spiro atoms. The van der Waals surface area contributed by atoms with E-state index in [1.807, 2.05) is 48.5 Å². The smallest absolute Gasteiger partial charge is 0.246 e. The van der Waals surface area contributed by atoms with Crippen LogP contribution in [0, 0.1) is 0 Å². The molecule has 0 bridgehead atoms. The van der Waals surface area contributed by atoms with Crippen molar-refractivity contribution >= 4 is 22.5 Å². The van der Waals surface area contributed by atoms with Crippen molar-refractivity contribution in [1.29, 1.82) is 0 Å². The summed E-state index contributed by atoms with van der Waals surface area (Å²) < 4.78 is 1.69. The van der Waals surface area contributed by atoms with Crippen molar-refractivity contribution in [2.24, 2.45) is 5.73 Å². The van der Waals surface area contributed by atoms with Crippen LogP contribution in [0.25, 0.3) is 10.9 Å². The Kier molecular flexibility index (Phi) is 3.66. The second kappa shape index (κ2) is 5.76. The number of carbonyl (C=O) groups excluding carboxylic acids is 1. The molecule has 21 heavy (non-hydrogen) atoms. The molecule has 0 aliphatic rings. The van der Waals surface area contributed by atoms with Gasteiger partial charge >= 0.3 is 0 Å². The minimum atomic E-state index is -0.113. The van der Waals surface area contributed by atoms with Crippen LogP contribution in [0.2, 0.25) is 0 Å². The molecule has 0 atom stereocenters. The van der Waals surface area contributed by atoms with Gasteiger partial charge in [-0.25, -0.2) is 0 Å². The highest BCUT2D eigenvalue weighted by atomic mass is 16.2. The molecule has 3 aromatic rings. The normalized spacial score (nSPS) is 10.7. The van der Waals surface area contributed by atoms with Crippen molar-refractivity contribution in [3.05, 3.63) is 60.3 Å². The number of anilines is 1. The molecule has 3 rings (SSSR count). The predicted octanol–water partition coefficient (Wildman–Crippen LogP) is 2.13. The Hall–Kier alpha value is -2.66. The van der Waals surface area contributed by atoms with Gasteiger partial charge in [0, 0.05) is 17.6 Å². The summed E-state index contributed by atoms with van der Waals surface area (Å²) in [5.74, 6) is -0.113. The fourth-order valence-electron chi connectivity index (χ4n) is 2.26. The van der Waals surface area contributed by atoms with Crippen LogP contribution in [0.5, 0.6) is 0 Å². The number of para-hydroxylation sites is 1. The van der Waals surface area contributed by atoms with Crippen molar-refractivity contribution in [3.8, 4) is 0 Å². The van der Waals surface area contributed by atoms with Gasteiger partial charge in [0.15, 0.2) is 0 Å².